The summed E-state index contributed by atoms with van der Waals surface area (Å²) in [7, 11) is 0. The van der Waals surface area contributed by atoms with Gasteiger partial charge in [0.05, 0.1) is 37.6 Å². The maximum Gasteiger partial charge on any atom is 0.419 e. The second-order valence-corrected chi connectivity index (χ2v) is 6.81. The highest BCUT2D eigenvalue weighted by Gasteiger charge is 2.35. The molecule has 4 N–H and O–H groups in total. The van der Waals surface area contributed by atoms with E-state index in [1.54, 1.807) is 0 Å². The molecule has 0 radical (unpaired) electrons. The van der Waals surface area contributed by atoms with Crippen molar-refractivity contribution < 1.29 is 32.5 Å². The molecular weight excluding hydrogens is 402 g/mol. The number of alkyl halides is 4. The lowest BCUT2D eigenvalue weighted by atomic mass is 9.93. The van der Waals surface area contributed by atoms with E-state index >= 15 is 0 Å². The van der Waals surface area contributed by atoms with Crippen LogP contribution < -0.4 is 10.5 Å². The Balaban J connectivity index is 0.00000729. The first-order valence-corrected chi connectivity index (χ1v) is 9.15. The number of halogens is 5. The van der Waals surface area contributed by atoms with Gasteiger partial charge in [0.1, 0.15) is 5.75 Å². The van der Waals surface area contributed by atoms with E-state index in [4.69, 9.17) is 10.5 Å². The van der Waals surface area contributed by atoms with Gasteiger partial charge in [-0.25, -0.2) is 0 Å². The van der Waals surface area contributed by atoms with Crippen molar-refractivity contribution in [2.45, 2.75) is 56.7 Å². The molecule has 0 atom stereocenters. The van der Waals surface area contributed by atoms with Crippen LogP contribution in [0, 0.1) is 0 Å². The van der Waals surface area contributed by atoms with Gasteiger partial charge in [0, 0.05) is 0 Å². The molecule has 0 spiro atoms. The fourth-order valence-corrected chi connectivity index (χ4v) is 2.59. The minimum atomic E-state index is -4.56. The maximum absolute atomic E-state index is 13.3. The standard InChI is InChI=1S/C19H29F4NO3.ClH/c20-10-4-2-1-3-5-11-27-17-7-6-15(12-16(17)19(21,22)23)8-9-18(24,13-25)14-26;/h6-7,12,25-26H,1-5,8-11,13-14,24H2;1H. The minimum absolute atomic E-state index is 0. The highest BCUT2D eigenvalue weighted by Crippen LogP contribution is 2.37. The van der Waals surface area contributed by atoms with Gasteiger partial charge in [-0.3, -0.25) is 4.39 Å². The van der Waals surface area contributed by atoms with Crippen LogP contribution in [0.1, 0.15) is 49.7 Å². The fourth-order valence-electron chi connectivity index (χ4n) is 2.59. The molecule has 0 unspecified atom stereocenters. The molecule has 0 aliphatic carbocycles. The van der Waals surface area contributed by atoms with Crippen molar-refractivity contribution in [2.24, 2.45) is 5.73 Å². The highest BCUT2D eigenvalue weighted by atomic mass is 35.5. The van der Waals surface area contributed by atoms with Gasteiger partial charge >= 0.3 is 6.18 Å². The summed E-state index contributed by atoms with van der Waals surface area (Å²) in [5.74, 6) is -0.224. The van der Waals surface area contributed by atoms with Crippen molar-refractivity contribution in [1.82, 2.24) is 0 Å². The average molecular weight is 432 g/mol. The summed E-state index contributed by atoms with van der Waals surface area (Å²) >= 11 is 0. The number of hydrogen-bond acceptors (Lipinski definition) is 4. The molecule has 0 bridgehead atoms. The van der Waals surface area contributed by atoms with Gasteiger partial charge in [0.2, 0.25) is 0 Å². The Morgan fingerprint density at radius 1 is 0.964 bits per heavy atom. The molecule has 0 saturated carbocycles. The number of aliphatic hydroxyl groups excluding tert-OH is 2. The SMILES string of the molecule is Cl.NC(CO)(CO)CCc1ccc(OCCCCCCCF)c(C(F)(F)F)c1. The van der Waals surface area contributed by atoms with E-state index in [0.717, 1.165) is 25.3 Å². The first kappa shape index (κ1) is 26.9. The topological polar surface area (TPSA) is 75.7 Å². The number of unbranched alkanes of at least 4 members (excludes halogenated alkanes) is 4. The van der Waals surface area contributed by atoms with E-state index < -0.39 is 30.5 Å². The third kappa shape index (κ3) is 9.41. The van der Waals surface area contributed by atoms with E-state index in [0.29, 0.717) is 18.4 Å². The first-order valence-electron chi connectivity index (χ1n) is 9.15. The van der Waals surface area contributed by atoms with E-state index in [1.165, 1.54) is 12.1 Å². The Morgan fingerprint density at radius 3 is 2.14 bits per heavy atom. The monoisotopic (exact) mass is 431 g/mol. The van der Waals surface area contributed by atoms with Gasteiger partial charge in [0.25, 0.3) is 0 Å². The second-order valence-electron chi connectivity index (χ2n) is 6.81. The van der Waals surface area contributed by atoms with Crippen LogP contribution in [0.25, 0.3) is 0 Å². The minimum Gasteiger partial charge on any atom is -0.493 e. The molecule has 1 rings (SSSR count). The van der Waals surface area contributed by atoms with Crippen LogP contribution in [0.5, 0.6) is 5.75 Å². The van der Waals surface area contributed by atoms with Crippen molar-refractivity contribution in [3.8, 4) is 5.75 Å². The molecule has 1 aromatic rings. The Hall–Kier alpha value is -1.09. The maximum atomic E-state index is 13.3. The van der Waals surface area contributed by atoms with Crippen molar-refractivity contribution >= 4 is 12.4 Å². The van der Waals surface area contributed by atoms with Crippen molar-refractivity contribution in [3.05, 3.63) is 29.3 Å². The van der Waals surface area contributed by atoms with Gasteiger partial charge in [-0.2, -0.15) is 13.2 Å². The Bertz CT molecular complexity index is 554. The number of aryl methyl sites for hydroxylation is 1. The van der Waals surface area contributed by atoms with Crippen molar-refractivity contribution in [3.63, 3.8) is 0 Å². The Labute approximate surface area is 169 Å². The molecule has 9 heteroatoms. The summed E-state index contributed by atoms with van der Waals surface area (Å²) in [5.41, 5.74) is 4.08. The van der Waals surface area contributed by atoms with Gasteiger partial charge in [-0.15, -0.1) is 12.4 Å². The molecule has 4 nitrogen and oxygen atoms in total. The third-order valence-corrected chi connectivity index (χ3v) is 4.43. The highest BCUT2D eigenvalue weighted by molar-refractivity contribution is 5.85. The Morgan fingerprint density at radius 2 is 1.57 bits per heavy atom. The van der Waals surface area contributed by atoms with Crippen LogP contribution in [0.15, 0.2) is 18.2 Å². The third-order valence-electron chi connectivity index (χ3n) is 4.43. The number of hydrogen-bond donors (Lipinski definition) is 3. The molecule has 0 aliphatic rings. The molecule has 0 aromatic heterocycles. The van der Waals surface area contributed by atoms with Gasteiger partial charge < -0.3 is 20.7 Å². The zero-order chi connectivity index (χ0) is 20.3. The quantitative estimate of drug-likeness (QED) is 0.325. The summed E-state index contributed by atoms with van der Waals surface area (Å²) in [6.45, 7) is -1.09. The van der Waals surface area contributed by atoms with E-state index in [1.807, 2.05) is 0 Å². The second kappa shape index (κ2) is 13.2. The molecule has 1 aromatic carbocycles. The van der Waals surface area contributed by atoms with Crippen LogP contribution in [-0.4, -0.2) is 42.2 Å². The van der Waals surface area contributed by atoms with E-state index in [2.05, 4.69) is 0 Å². The zero-order valence-corrected chi connectivity index (χ0v) is 16.6. The molecular formula is C19H30ClF4NO3. The van der Waals surface area contributed by atoms with E-state index in [-0.39, 0.29) is 44.3 Å². The smallest absolute Gasteiger partial charge is 0.419 e. The Kier molecular flexibility index (Phi) is 12.7. The van der Waals surface area contributed by atoms with Crippen LogP contribution in [0.3, 0.4) is 0 Å². The fraction of sp³-hybridized carbons (Fsp3) is 0.684. The average Bonchev–Trinajstić information content (AvgIpc) is 2.65. The molecule has 164 valence electrons. The number of aliphatic hydroxyl groups is 2. The molecule has 0 amide bonds. The summed E-state index contributed by atoms with van der Waals surface area (Å²) in [5, 5.41) is 18.4. The van der Waals surface area contributed by atoms with Crippen LogP contribution in [0.4, 0.5) is 17.6 Å². The lowest BCUT2D eigenvalue weighted by Crippen LogP contribution is -2.47. The van der Waals surface area contributed by atoms with Crippen LogP contribution >= 0.6 is 12.4 Å². The molecule has 28 heavy (non-hydrogen) atoms. The number of benzene rings is 1. The first-order chi connectivity index (χ1) is 12.8. The predicted octanol–water partition coefficient (Wildman–Crippen LogP) is 4.04. The van der Waals surface area contributed by atoms with Crippen molar-refractivity contribution in [1.29, 1.82) is 0 Å². The summed E-state index contributed by atoms with van der Waals surface area (Å²) in [6, 6.07) is 3.84. The summed E-state index contributed by atoms with van der Waals surface area (Å²) in [4.78, 5) is 0. The van der Waals surface area contributed by atoms with Gasteiger partial charge in [0.15, 0.2) is 0 Å². The lowest BCUT2D eigenvalue weighted by Gasteiger charge is -2.24. The summed E-state index contributed by atoms with van der Waals surface area (Å²) < 4.78 is 57.3. The molecule has 0 fully saturated rings. The molecule has 0 aliphatic heterocycles. The normalized spacial score (nSPS) is 12.0. The van der Waals surface area contributed by atoms with Crippen LogP contribution in [-0.2, 0) is 12.6 Å². The van der Waals surface area contributed by atoms with Gasteiger partial charge in [-0.05, 0) is 43.4 Å². The lowest BCUT2D eigenvalue weighted by molar-refractivity contribution is -0.139. The zero-order valence-electron chi connectivity index (χ0n) is 15.8. The number of ether oxygens (including phenoxy) is 1. The number of rotatable bonds is 13. The number of nitrogens with two attached hydrogens (primary N) is 1. The molecule has 0 saturated heterocycles. The van der Waals surface area contributed by atoms with Crippen LogP contribution in [0.2, 0.25) is 0 Å². The van der Waals surface area contributed by atoms with Gasteiger partial charge in [-0.1, -0.05) is 25.3 Å². The van der Waals surface area contributed by atoms with Crippen molar-refractivity contribution in [2.75, 3.05) is 26.5 Å². The predicted molar refractivity (Wildman–Crippen MR) is 103 cm³/mol. The largest absolute Gasteiger partial charge is 0.493 e. The summed E-state index contributed by atoms with van der Waals surface area (Å²) in [6.07, 6.45) is -0.726. The van der Waals surface area contributed by atoms with E-state index in [9.17, 15) is 27.8 Å². The molecule has 0 heterocycles.